The Morgan fingerprint density at radius 1 is 1.61 bits per heavy atom. The van der Waals surface area contributed by atoms with Gasteiger partial charge in [-0.15, -0.1) is 11.3 Å². The number of hydrogen-bond donors (Lipinski definition) is 2. The molecular weight excluding hydrogens is 264 g/mol. The van der Waals surface area contributed by atoms with Crippen LogP contribution in [0.5, 0.6) is 0 Å². The van der Waals surface area contributed by atoms with Crippen LogP contribution >= 0.6 is 23.1 Å². The molecule has 1 aromatic rings. The van der Waals surface area contributed by atoms with Crippen molar-refractivity contribution < 1.29 is 4.79 Å². The number of primary amides is 1. The van der Waals surface area contributed by atoms with Crippen LogP contribution < -0.4 is 11.1 Å². The smallest absolute Gasteiger partial charge is 0.249 e. The standard InChI is InChI=1S/C13H20N2OS2/c1-17-11-4-2-3-10(6-11)15-7-12-5-9(8-18-12)13(14)16/h5,8,10-11,15H,2-4,6-7H2,1H3,(H2,14,16). The molecule has 1 aromatic heterocycles. The van der Waals surface area contributed by atoms with Crippen LogP contribution in [0.2, 0.25) is 0 Å². The van der Waals surface area contributed by atoms with Gasteiger partial charge in [-0.2, -0.15) is 11.8 Å². The highest BCUT2D eigenvalue weighted by Crippen LogP contribution is 2.27. The van der Waals surface area contributed by atoms with E-state index in [0.29, 0.717) is 11.6 Å². The summed E-state index contributed by atoms with van der Waals surface area (Å²) in [6.07, 6.45) is 7.40. The van der Waals surface area contributed by atoms with Crippen LogP contribution in [0.4, 0.5) is 0 Å². The molecular formula is C13H20N2OS2. The van der Waals surface area contributed by atoms with Gasteiger partial charge in [0.2, 0.25) is 5.91 Å². The van der Waals surface area contributed by atoms with E-state index in [1.807, 2.05) is 23.2 Å². The average molecular weight is 284 g/mol. The van der Waals surface area contributed by atoms with Gasteiger partial charge in [0.25, 0.3) is 0 Å². The lowest BCUT2D eigenvalue weighted by molar-refractivity contribution is 0.100. The number of carbonyl (C=O) groups excluding carboxylic acids is 1. The van der Waals surface area contributed by atoms with Crippen molar-refractivity contribution in [1.29, 1.82) is 0 Å². The predicted octanol–water partition coefficient (Wildman–Crippen LogP) is 2.61. The normalized spacial score (nSPS) is 24.1. The van der Waals surface area contributed by atoms with Gasteiger partial charge >= 0.3 is 0 Å². The van der Waals surface area contributed by atoms with Gasteiger partial charge in [-0.1, -0.05) is 6.42 Å². The summed E-state index contributed by atoms with van der Waals surface area (Å²) < 4.78 is 0. The summed E-state index contributed by atoms with van der Waals surface area (Å²) >= 11 is 3.59. The second kappa shape index (κ2) is 6.59. The molecule has 1 heterocycles. The molecule has 5 heteroatoms. The van der Waals surface area contributed by atoms with E-state index in [1.165, 1.54) is 30.6 Å². The second-order valence-electron chi connectivity index (χ2n) is 4.77. The van der Waals surface area contributed by atoms with Crippen LogP contribution in [0.3, 0.4) is 0 Å². The summed E-state index contributed by atoms with van der Waals surface area (Å²) in [5.74, 6) is -0.336. The van der Waals surface area contributed by atoms with Crippen molar-refractivity contribution in [2.45, 2.75) is 43.5 Å². The van der Waals surface area contributed by atoms with Gasteiger partial charge in [-0.25, -0.2) is 0 Å². The molecule has 0 spiro atoms. The van der Waals surface area contributed by atoms with E-state index in [4.69, 9.17) is 5.73 Å². The molecule has 3 nitrogen and oxygen atoms in total. The third kappa shape index (κ3) is 3.73. The molecule has 1 fully saturated rings. The largest absolute Gasteiger partial charge is 0.366 e. The van der Waals surface area contributed by atoms with E-state index in [0.717, 1.165) is 11.8 Å². The average Bonchev–Trinajstić information content (AvgIpc) is 2.85. The number of amides is 1. The molecule has 100 valence electrons. The van der Waals surface area contributed by atoms with Crippen LogP contribution in [0, 0.1) is 0 Å². The Hall–Kier alpha value is -0.520. The van der Waals surface area contributed by atoms with Crippen LogP contribution in [0.25, 0.3) is 0 Å². The molecule has 18 heavy (non-hydrogen) atoms. The van der Waals surface area contributed by atoms with Crippen molar-refractivity contribution in [3.63, 3.8) is 0 Å². The predicted molar refractivity (Wildman–Crippen MR) is 79.2 cm³/mol. The lowest BCUT2D eigenvalue weighted by atomic mass is 9.95. The Kier molecular flexibility index (Phi) is 5.09. The van der Waals surface area contributed by atoms with Crippen LogP contribution in [0.15, 0.2) is 11.4 Å². The zero-order valence-corrected chi connectivity index (χ0v) is 12.3. The van der Waals surface area contributed by atoms with E-state index >= 15 is 0 Å². The molecule has 1 aliphatic carbocycles. The first-order chi connectivity index (χ1) is 8.69. The van der Waals surface area contributed by atoms with Crippen molar-refractivity contribution >= 4 is 29.0 Å². The Balaban J connectivity index is 1.81. The van der Waals surface area contributed by atoms with Crippen LogP contribution in [0.1, 0.15) is 40.9 Å². The van der Waals surface area contributed by atoms with Gasteiger partial charge in [0.1, 0.15) is 0 Å². The fourth-order valence-corrected chi connectivity index (χ4v) is 4.04. The quantitative estimate of drug-likeness (QED) is 0.874. The molecule has 0 radical (unpaired) electrons. The lowest BCUT2D eigenvalue weighted by Gasteiger charge is -2.28. The molecule has 2 rings (SSSR count). The van der Waals surface area contributed by atoms with Gasteiger partial charge in [-0.3, -0.25) is 4.79 Å². The van der Waals surface area contributed by atoms with Crippen molar-refractivity contribution in [1.82, 2.24) is 5.32 Å². The molecule has 0 aromatic carbocycles. The lowest BCUT2D eigenvalue weighted by Crippen LogP contribution is -2.34. The minimum absolute atomic E-state index is 0.336. The first kappa shape index (κ1) is 13.9. The number of nitrogens with two attached hydrogens (primary N) is 1. The first-order valence-corrected chi connectivity index (χ1v) is 8.49. The number of thioether (sulfide) groups is 1. The minimum Gasteiger partial charge on any atom is -0.366 e. The fraction of sp³-hybridized carbons (Fsp3) is 0.615. The highest BCUT2D eigenvalue weighted by molar-refractivity contribution is 7.99. The van der Waals surface area contributed by atoms with Gasteiger partial charge in [0.15, 0.2) is 0 Å². The molecule has 0 bridgehead atoms. The Morgan fingerprint density at radius 2 is 2.44 bits per heavy atom. The zero-order valence-electron chi connectivity index (χ0n) is 10.6. The number of carbonyl (C=O) groups is 1. The summed E-state index contributed by atoms with van der Waals surface area (Å²) in [6, 6.07) is 2.52. The summed E-state index contributed by atoms with van der Waals surface area (Å²) in [5, 5.41) is 6.24. The highest BCUT2D eigenvalue weighted by atomic mass is 32.2. The van der Waals surface area contributed by atoms with E-state index < -0.39 is 0 Å². The monoisotopic (exact) mass is 284 g/mol. The van der Waals surface area contributed by atoms with Gasteiger partial charge in [-0.05, 0) is 31.6 Å². The molecule has 0 saturated heterocycles. The number of rotatable bonds is 5. The molecule has 1 saturated carbocycles. The van der Waals surface area contributed by atoms with E-state index in [2.05, 4.69) is 11.6 Å². The first-order valence-electron chi connectivity index (χ1n) is 6.32. The maximum Gasteiger partial charge on any atom is 0.249 e. The van der Waals surface area contributed by atoms with Crippen molar-refractivity contribution in [3.8, 4) is 0 Å². The summed E-state index contributed by atoms with van der Waals surface area (Å²) in [6.45, 7) is 0.851. The summed E-state index contributed by atoms with van der Waals surface area (Å²) in [4.78, 5) is 12.2. The van der Waals surface area contributed by atoms with Gasteiger partial charge < -0.3 is 11.1 Å². The third-order valence-corrected chi connectivity index (χ3v) is 5.49. The number of nitrogens with one attached hydrogen (secondary N) is 1. The summed E-state index contributed by atoms with van der Waals surface area (Å²) in [7, 11) is 0. The molecule has 1 amide bonds. The summed E-state index contributed by atoms with van der Waals surface area (Å²) in [5.41, 5.74) is 5.87. The maximum atomic E-state index is 11.0. The Bertz CT molecular complexity index is 405. The Labute approximate surface area is 117 Å². The van der Waals surface area contributed by atoms with Crippen LogP contribution in [-0.2, 0) is 6.54 Å². The SMILES string of the molecule is CSC1CCCC(NCc2cc(C(N)=O)cs2)C1. The Morgan fingerprint density at radius 3 is 3.11 bits per heavy atom. The van der Waals surface area contributed by atoms with Crippen molar-refractivity contribution in [2.75, 3.05) is 6.26 Å². The van der Waals surface area contributed by atoms with Crippen molar-refractivity contribution in [2.24, 2.45) is 5.73 Å². The van der Waals surface area contributed by atoms with E-state index in [-0.39, 0.29) is 5.91 Å². The molecule has 1 aliphatic rings. The second-order valence-corrected chi connectivity index (χ2v) is 6.90. The zero-order chi connectivity index (χ0) is 13.0. The molecule has 3 N–H and O–H groups in total. The molecule has 2 atom stereocenters. The van der Waals surface area contributed by atoms with E-state index in [1.54, 1.807) is 11.3 Å². The fourth-order valence-electron chi connectivity index (χ4n) is 2.39. The topological polar surface area (TPSA) is 55.1 Å². The number of thiophene rings is 1. The minimum atomic E-state index is -0.336. The van der Waals surface area contributed by atoms with E-state index in [9.17, 15) is 4.79 Å². The third-order valence-electron chi connectivity index (χ3n) is 3.46. The van der Waals surface area contributed by atoms with Crippen molar-refractivity contribution in [3.05, 3.63) is 21.9 Å². The maximum absolute atomic E-state index is 11.0. The highest BCUT2D eigenvalue weighted by Gasteiger charge is 2.20. The van der Waals surface area contributed by atoms with Crippen LogP contribution in [-0.4, -0.2) is 23.5 Å². The molecule has 0 aliphatic heterocycles. The molecule has 2 unspecified atom stereocenters. The van der Waals surface area contributed by atoms with Gasteiger partial charge in [0, 0.05) is 28.1 Å². The van der Waals surface area contributed by atoms with Gasteiger partial charge in [0.05, 0.1) is 5.56 Å². The number of hydrogen-bond acceptors (Lipinski definition) is 4.